The summed E-state index contributed by atoms with van der Waals surface area (Å²) in [5.74, 6) is 0.188. The summed E-state index contributed by atoms with van der Waals surface area (Å²) in [5, 5.41) is 0. The van der Waals surface area contributed by atoms with Crippen LogP contribution in [0.1, 0.15) is 24.5 Å². The van der Waals surface area contributed by atoms with E-state index >= 15 is 0 Å². The molecule has 1 atom stereocenters. The van der Waals surface area contributed by atoms with Crippen molar-refractivity contribution < 1.29 is 17.9 Å². The first-order chi connectivity index (χ1) is 8.30. The Morgan fingerprint density at radius 3 is 2.50 bits per heavy atom. The Bertz CT molecular complexity index is 390. The SMILES string of the molecule is Cc1cc(CC(C)CCN)cc(OC(F)(F)F)c1. The third-order valence-corrected chi connectivity index (χ3v) is 2.59. The van der Waals surface area contributed by atoms with Crippen LogP contribution in [0.2, 0.25) is 0 Å². The van der Waals surface area contributed by atoms with Gasteiger partial charge in [0.1, 0.15) is 5.75 Å². The molecule has 0 aliphatic rings. The topological polar surface area (TPSA) is 35.2 Å². The smallest absolute Gasteiger partial charge is 0.406 e. The van der Waals surface area contributed by atoms with Crippen LogP contribution in [0.4, 0.5) is 13.2 Å². The fourth-order valence-corrected chi connectivity index (χ4v) is 1.92. The van der Waals surface area contributed by atoms with Gasteiger partial charge in [0.15, 0.2) is 0 Å². The first kappa shape index (κ1) is 14.8. The molecule has 5 heteroatoms. The molecule has 0 aromatic heterocycles. The van der Waals surface area contributed by atoms with E-state index in [1.807, 2.05) is 13.0 Å². The fraction of sp³-hybridized carbons (Fsp3) is 0.538. The van der Waals surface area contributed by atoms with Crippen LogP contribution in [0.3, 0.4) is 0 Å². The van der Waals surface area contributed by atoms with Crippen molar-refractivity contribution in [3.8, 4) is 5.75 Å². The maximum absolute atomic E-state index is 12.1. The van der Waals surface area contributed by atoms with Gasteiger partial charge in [-0.3, -0.25) is 0 Å². The minimum atomic E-state index is -4.64. The van der Waals surface area contributed by atoms with Gasteiger partial charge in [0, 0.05) is 0 Å². The molecule has 2 N–H and O–H groups in total. The van der Waals surface area contributed by atoms with Crippen molar-refractivity contribution in [2.75, 3.05) is 6.54 Å². The van der Waals surface area contributed by atoms with Crippen LogP contribution in [0.5, 0.6) is 5.75 Å². The number of alkyl halides is 3. The van der Waals surface area contributed by atoms with Crippen LogP contribution in [0, 0.1) is 12.8 Å². The van der Waals surface area contributed by atoms with Gasteiger partial charge < -0.3 is 10.5 Å². The second kappa shape index (κ2) is 6.09. The highest BCUT2D eigenvalue weighted by molar-refractivity contribution is 5.34. The van der Waals surface area contributed by atoms with Gasteiger partial charge in [-0.05, 0) is 55.5 Å². The van der Waals surface area contributed by atoms with E-state index in [1.54, 1.807) is 6.92 Å². The third kappa shape index (κ3) is 5.40. The second-order valence-corrected chi connectivity index (χ2v) is 4.59. The average molecular weight is 261 g/mol. The van der Waals surface area contributed by atoms with E-state index in [2.05, 4.69) is 4.74 Å². The molecule has 0 saturated heterocycles. The van der Waals surface area contributed by atoms with Crippen molar-refractivity contribution in [2.24, 2.45) is 11.7 Å². The molecule has 18 heavy (non-hydrogen) atoms. The maximum Gasteiger partial charge on any atom is 0.573 e. The Balaban J connectivity index is 2.80. The van der Waals surface area contributed by atoms with Gasteiger partial charge >= 0.3 is 6.36 Å². The Labute approximate surface area is 105 Å². The lowest BCUT2D eigenvalue weighted by Crippen LogP contribution is -2.17. The van der Waals surface area contributed by atoms with E-state index in [0.29, 0.717) is 18.9 Å². The summed E-state index contributed by atoms with van der Waals surface area (Å²) in [6.07, 6.45) is -3.09. The molecule has 0 heterocycles. The predicted octanol–water partition coefficient (Wildman–Crippen LogP) is 3.42. The molecule has 0 bridgehead atoms. The highest BCUT2D eigenvalue weighted by atomic mass is 19.4. The molecule has 0 amide bonds. The summed E-state index contributed by atoms with van der Waals surface area (Å²) in [6.45, 7) is 4.36. The molecule has 1 rings (SSSR count). The lowest BCUT2D eigenvalue weighted by molar-refractivity contribution is -0.274. The number of hydrogen-bond acceptors (Lipinski definition) is 2. The number of hydrogen-bond donors (Lipinski definition) is 1. The van der Waals surface area contributed by atoms with Crippen molar-refractivity contribution in [2.45, 2.75) is 33.1 Å². The molecule has 2 nitrogen and oxygen atoms in total. The van der Waals surface area contributed by atoms with E-state index in [0.717, 1.165) is 17.5 Å². The van der Waals surface area contributed by atoms with E-state index in [9.17, 15) is 13.2 Å². The summed E-state index contributed by atoms with van der Waals surface area (Å²) >= 11 is 0. The molecule has 1 aromatic rings. The van der Waals surface area contributed by atoms with Crippen molar-refractivity contribution in [3.63, 3.8) is 0 Å². The number of ether oxygens (including phenoxy) is 1. The zero-order valence-corrected chi connectivity index (χ0v) is 10.6. The minimum absolute atomic E-state index is 0.155. The lowest BCUT2D eigenvalue weighted by Gasteiger charge is -2.14. The van der Waals surface area contributed by atoms with Gasteiger partial charge in [-0.2, -0.15) is 0 Å². The number of halogens is 3. The van der Waals surface area contributed by atoms with Crippen LogP contribution < -0.4 is 10.5 Å². The normalized spacial score (nSPS) is 13.4. The first-order valence-corrected chi connectivity index (χ1v) is 5.86. The van der Waals surface area contributed by atoms with Crippen molar-refractivity contribution in [1.29, 1.82) is 0 Å². The summed E-state index contributed by atoms with van der Waals surface area (Å²) in [7, 11) is 0. The highest BCUT2D eigenvalue weighted by Gasteiger charge is 2.31. The Morgan fingerprint density at radius 2 is 1.94 bits per heavy atom. The monoisotopic (exact) mass is 261 g/mol. The molecule has 0 saturated carbocycles. The largest absolute Gasteiger partial charge is 0.573 e. The van der Waals surface area contributed by atoms with Gasteiger partial charge in [0.25, 0.3) is 0 Å². The van der Waals surface area contributed by atoms with E-state index in [4.69, 9.17) is 5.73 Å². The lowest BCUT2D eigenvalue weighted by atomic mass is 9.97. The molecular weight excluding hydrogens is 243 g/mol. The number of aryl methyl sites for hydroxylation is 1. The van der Waals surface area contributed by atoms with Crippen LogP contribution >= 0.6 is 0 Å². The molecule has 0 spiro atoms. The molecule has 0 aliphatic heterocycles. The van der Waals surface area contributed by atoms with Gasteiger partial charge in [0.05, 0.1) is 0 Å². The molecular formula is C13H18F3NO. The van der Waals surface area contributed by atoms with E-state index in [-0.39, 0.29) is 5.75 Å². The Hall–Kier alpha value is -1.23. The fourth-order valence-electron chi connectivity index (χ4n) is 1.92. The van der Waals surface area contributed by atoms with Crippen LogP contribution in [-0.4, -0.2) is 12.9 Å². The molecule has 0 aliphatic carbocycles. The minimum Gasteiger partial charge on any atom is -0.406 e. The van der Waals surface area contributed by atoms with E-state index in [1.165, 1.54) is 12.1 Å². The van der Waals surface area contributed by atoms with Gasteiger partial charge in [-0.1, -0.05) is 13.0 Å². The standard InChI is InChI=1S/C13H18F3NO/c1-9(3-4-17)5-11-6-10(2)7-12(8-11)18-13(14,15)16/h6-9H,3-5,17H2,1-2H3. The average Bonchev–Trinajstić information content (AvgIpc) is 2.13. The second-order valence-electron chi connectivity index (χ2n) is 4.59. The summed E-state index contributed by atoms with van der Waals surface area (Å²) in [6, 6.07) is 4.69. The summed E-state index contributed by atoms with van der Waals surface area (Å²) in [4.78, 5) is 0. The van der Waals surface area contributed by atoms with E-state index < -0.39 is 6.36 Å². The third-order valence-electron chi connectivity index (χ3n) is 2.59. The highest BCUT2D eigenvalue weighted by Crippen LogP contribution is 2.26. The van der Waals surface area contributed by atoms with Gasteiger partial charge in [-0.25, -0.2) is 0 Å². The molecule has 1 unspecified atom stereocenters. The Morgan fingerprint density at radius 1 is 1.28 bits per heavy atom. The maximum atomic E-state index is 12.1. The summed E-state index contributed by atoms with van der Waals surface area (Å²) < 4.78 is 40.4. The first-order valence-electron chi connectivity index (χ1n) is 5.86. The van der Waals surface area contributed by atoms with Gasteiger partial charge in [-0.15, -0.1) is 13.2 Å². The predicted molar refractivity (Wildman–Crippen MR) is 64.4 cm³/mol. The molecule has 102 valence electrons. The van der Waals surface area contributed by atoms with Gasteiger partial charge in [0.2, 0.25) is 0 Å². The van der Waals surface area contributed by atoms with Crippen LogP contribution in [0.25, 0.3) is 0 Å². The number of rotatable bonds is 5. The van der Waals surface area contributed by atoms with Crippen LogP contribution in [0.15, 0.2) is 18.2 Å². The van der Waals surface area contributed by atoms with Crippen LogP contribution in [-0.2, 0) is 6.42 Å². The number of nitrogens with two attached hydrogens (primary N) is 1. The molecule has 0 fully saturated rings. The molecule has 1 aromatic carbocycles. The van der Waals surface area contributed by atoms with Crippen molar-refractivity contribution >= 4 is 0 Å². The zero-order chi connectivity index (χ0) is 13.8. The zero-order valence-electron chi connectivity index (χ0n) is 10.6. The molecule has 0 radical (unpaired) electrons. The Kier molecular flexibility index (Phi) is 5.02. The summed E-state index contributed by atoms with van der Waals surface area (Å²) in [5.41, 5.74) is 7.05. The van der Waals surface area contributed by atoms with Crippen molar-refractivity contribution in [1.82, 2.24) is 0 Å². The number of benzene rings is 1. The quantitative estimate of drug-likeness (QED) is 0.881. The van der Waals surface area contributed by atoms with Crippen molar-refractivity contribution in [3.05, 3.63) is 29.3 Å².